The molecule has 2 N–H and O–H groups in total. The second-order valence-electron chi connectivity index (χ2n) is 5.92. The number of Topliss-reactive ketones (excluding diaryl/α,β-unsaturated/α-hetero) is 1. The molecular weight excluding hydrogens is 336 g/mol. The number of nitrogens with one attached hydrogen (secondary N) is 1. The van der Waals surface area contributed by atoms with Gasteiger partial charge in [-0.15, -0.1) is 0 Å². The molecule has 1 aliphatic rings. The number of benzene rings is 2. The second kappa shape index (κ2) is 7.26. The summed E-state index contributed by atoms with van der Waals surface area (Å²) in [7, 11) is 0. The van der Waals surface area contributed by atoms with Crippen LogP contribution in [0.1, 0.15) is 23.7 Å². The molecule has 2 aromatic carbocycles. The van der Waals surface area contributed by atoms with Crippen molar-refractivity contribution in [1.82, 2.24) is 0 Å². The molecule has 2 aromatic rings. The largest absolute Gasteiger partial charge is 0.508 e. The summed E-state index contributed by atoms with van der Waals surface area (Å²) in [5, 5.41) is 12.1. The minimum Gasteiger partial charge on any atom is -0.508 e. The molecule has 2 amide bonds. The summed E-state index contributed by atoms with van der Waals surface area (Å²) < 4.78 is 5.39. The number of nitrogens with zero attached hydrogens (tertiary/aromatic N) is 1. The number of fused-ring (bicyclic) bond motifs is 1. The summed E-state index contributed by atoms with van der Waals surface area (Å²) in [6, 6.07) is 11.1. The van der Waals surface area contributed by atoms with Crippen LogP contribution in [0.5, 0.6) is 11.5 Å². The lowest BCUT2D eigenvalue weighted by Gasteiger charge is -2.29. The topological polar surface area (TPSA) is 95.9 Å². The van der Waals surface area contributed by atoms with Crippen LogP contribution in [0.15, 0.2) is 42.5 Å². The predicted molar refractivity (Wildman–Crippen MR) is 95.6 cm³/mol. The molecule has 0 aromatic heterocycles. The van der Waals surface area contributed by atoms with E-state index in [0.29, 0.717) is 22.7 Å². The number of amides is 2. The van der Waals surface area contributed by atoms with Crippen molar-refractivity contribution in [1.29, 1.82) is 0 Å². The second-order valence-corrected chi connectivity index (χ2v) is 5.92. The lowest BCUT2D eigenvalue weighted by Crippen LogP contribution is -2.40. The van der Waals surface area contributed by atoms with Crippen LogP contribution in [0, 0.1) is 0 Å². The van der Waals surface area contributed by atoms with Crippen LogP contribution in [0.25, 0.3) is 0 Å². The van der Waals surface area contributed by atoms with Gasteiger partial charge >= 0.3 is 0 Å². The maximum atomic E-state index is 12.2. The van der Waals surface area contributed by atoms with Gasteiger partial charge in [0, 0.05) is 30.3 Å². The molecular formula is C19H18N2O5. The monoisotopic (exact) mass is 354 g/mol. The third kappa shape index (κ3) is 3.83. The zero-order chi connectivity index (χ0) is 18.7. The summed E-state index contributed by atoms with van der Waals surface area (Å²) in [6.07, 6.45) is 0.0607. The van der Waals surface area contributed by atoms with Crippen LogP contribution in [0.4, 0.5) is 11.4 Å². The molecule has 0 atom stereocenters. The first-order chi connectivity index (χ1) is 12.4. The zero-order valence-electron chi connectivity index (χ0n) is 14.2. The summed E-state index contributed by atoms with van der Waals surface area (Å²) >= 11 is 0. The molecule has 26 heavy (non-hydrogen) atoms. The first kappa shape index (κ1) is 17.5. The Hall–Kier alpha value is -3.35. The maximum Gasteiger partial charge on any atom is 0.265 e. The Labute approximate surface area is 150 Å². The van der Waals surface area contributed by atoms with Gasteiger partial charge in [0.15, 0.2) is 12.4 Å². The third-order valence-electron chi connectivity index (χ3n) is 4.00. The highest BCUT2D eigenvalue weighted by atomic mass is 16.5. The van der Waals surface area contributed by atoms with Gasteiger partial charge in [-0.3, -0.25) is 14.4 Å². The molecule has 0 radical (unpaired) electrons. The Balaban J connectivity index is 1.71. The van der Waals surface area contributed by atoms with Crippen molar-refractivity contribution >= 4 is 29.0 Å². The van der Waals surface area contributed by atoms with E-state index in [1.807, 2.05) is 0 Å². The van der Waals surface area contributed by atoms with Gasteiger partial charge in [-0.2, -0.15) is 0 Å². The van der Waals surface area contributed by atoms with Crippen molar-refractivity contribution in [3.8, 4) is 11.5 Å². The number of hydrogen-bond acceptors (Lipinski definition) is 5. The van der Waals surface area contributed by atoms with Crippen molar-refractivity contribution in [2.75, 3.05) is 23.4 Å². The minimum absolute atomic E-state index is 0.0526. The molecule has 0 spiro atoms. The summed E-state index contributed by atoms with van der Waals surface area (Å²) in [5.41, 5.74) is 1.43. The first-order valence-corrected chi connectivity index (χ1v) is 8.11. The number of anilines is 2. The molecule has 7 nitrogen and oxygen atoms in total. The zero-order valence-corrected chi connectivity index (χ0v) is 14.2. The number of ether oxygens (including phenoxy) is 1. The molecule has 3 rings (SSSR count). The molecule has 134 valence electrons. The fourth-order valence-electron chi connectivity index (χ4n) is 2.69. The number of phenolic OH excluding ortho intramolecular Hbond substituents is 1. The lowest BCUT2D eigenvalue weighted by molar-refractivity contribution is -0.121. The molecule has 7 heteroatoms. The minimum atomic E-state index is -0.292. The fraction of sp³-hybridized carbons (Fsp3) is 0.211. The van der Waals surface area contributed by atoms with Crippen molar-refractivity contribution in [3.63, 3.8) is 0 Å². The highest BCUT2D eigenvalue weighted by Gasteiger charge is 2.26. The van der Waals surface area contributed by atoms with E-state index in [1.54, 1.807) is 30.3 Å². The SMILES string of the molecule is CC(=O)c1ccc2c(c1)N(CCC(=O)Nc1cccc(O)c1)C(=O)CO2. The van der Waals surface area contributed by atoms with Crippen LogP contribution in [0.2, 0.25) is 0 Å². The highest BCUT2D eigenvalue weighted by molar-refractivity contribution is 6.02. The number of carbonyl (C=O) groups excluding carboxylic acids is 3. The average Bonchev–Trinajstić information content (AvgIpc) is 2.60. The Kier molecular flexibility index (Phi) is 4.88. The van der Waals surface area contributed by atoms with Crippen LogP contribution in [-0.2, 0) is 9.59 Å². The molecule has 0 bridgehead atoms. The van der Waals surface area contributed by atoms with Gasteiger partial charge in [-0.1, -0.05) is 6.07 Å². The molecule has 0 fully saturated rings. The van der Waals surface area contributed by atoms with E-state index in [4.69, 9.17) is 4.74 Å². The molecule has 1 aliphatic heterocycles. The van der Waals surface area contributed by atoms with Gasteiger partial charge in [0.05, 0.1) is 5.69 Å². The van der Waals surface area contributed by atoms with E-state index in [-0.39, 0.29) is 42.9 Å². The Morgan fingerprint density at radius 2 is 2.04 bits per heavy atom. The quantitative estimate of drug-likeness (QED) is 0.804. The molecule has 0 unspecified atom stereocenters. The average molecular weight is 354 g/mol. The molecule has 0 saturated carbocycles. The normalized spacial score (nSPS) is 13.0. The standard InChI is InChI=1S/C19H18N2O5/c1-12(22)13-5-6-17-16(9-13)21(19(25)11-26-17)8-7-18(24)20-14-3-2-4-15(23)10-14/h2-6,9-10,23H,7-8,11H2,1H3,(H,20,24). The third-order valence-corrected chi connectivity index (χ3v) is 4.00. The number of rotatable bonds is 5. The van der Waals surface area contributed by atoms with Crippen molar-refractivity contribution in [2.24, 2.45) is 0 Å². The van der Waals surface area contributed by atoms with E-state index in [9.17, 15) is 19.5 Å². The Morgan fingerprint density at radius 3 is 2.77 bits per heavy atom. The summed E-state index contributed by atoms with van der Waals surface area (Å²) in [4.78, 5) is 37.4. The van der Waals surface area contributed by atoms with E-state index in [0.717, 1.165) is 0 Å². The van der Waals surface area contributed by atoms with Gasteiger partial charge in [0.2, 0.25) is 5.91 Å². The Bertz CT molecular complexity index is 878. The number of phenols is 1. The predicted octanol–water partition coefficient (Wildman–Crippen LogP) is 2.35. The van der Waals surface area contributed by atoms with Crippen molar-refractivity contribution in [2.45, 2.75) is 13.3 Å². The van der Waals surface area contributed by atoms with E-state index in [2.05, 4.69) is 5.32 Å². The number of aromatic hydroxyl groups is 1. The van der Waals surface area contributed by atoms with E-state index < -0.39 is 0 Å². The smallest absolute Gasteiger partial charge is 0.265 e. The molecule has 1 heterocycles. The lowest BCUT2D eigenvalue weighted by atomic mass is 10.1. The summed E-state index contributed by atoms with van der Waals surface area (Å²) in [5.74, 6) is -0.130. The van der Waals surface area contributed by atoms with Crippen molar-refractivity contribution in [3.05, 3.63) is 48.0 Å². The van der Waals surface area contributed by atoms with Gasteiger partial charge in [0.25, 0.3) is 5.91 Å². The number of hydrogen-bond donors (Lipinski definition) is 2. The first-order valence-electron chi connectivity index (χ1n) is 8.11. The highest BCUT2D eigenvalue weighted by Crippen LogP contribution is 2.33. The van der Waals surface area contributed by atoms with E-state index >= 15 is 0 Å². The Morgan fingerprint density at radius 1 is 1.23 bits per heavy atom. The van der Waals surface area contributed by atoms with Crippen LogP contribution in [-0.4, -0.2) is 35.9 Å². The fourth-order valence-corrected chi connectivity index (χ4v) is 2.69. The van der Waals surface area contributed by atoms with Crippen LogP contribution < -0.4 is 15.0 Å². The summed E-state index contributed by atoms with van der Waals surface area (Å²) in [6.45, 7) is 1.49. The van der Waals surface area contributed by atoms with Gasteiger partial charge in [0.1, 0.15) is 11.5 Å². The van der Waals surface area contributed by atoms with E-state index in [1.165, 1.54) is 24.0 Å². The van der Waals surface area contributed by atoms with Crippen LogP contribution in [0.3, 0.4) is 0 Å². The van der Waals surface area contributed by atoms with Gasteiger partial charge in [-0.25, -0.2) is 0 Å². The van der Waals surface area contributed by atoms with Gasteiger partial charge < -0.3 is 20.1 Å². The molecule has 0 saturated heterocycles. The maximum absolute atomic E-state index is 12.2. The van der Waals surface area contributed by atoms with Crippen LogP contribution >= 0.6 is 0 Å². The van der Waals surface area contributed by atoms with Gasteiger partial charge in [-0.05, 0) is 37.3 Å². The van der Waals surface area contributed by atoms with Crippen molar-refractivity contribution < 1.29 is 24.2 Å². The number of carbonyl (C=O) groups is 3. The molecule has 0 aliphatic carbocycles. The number of ketones is 1.